The number of nitrogens with zero attached hydrogens (tertiary/aromatic N) is 2. The maximum Gasteiger partial charge on any atom is 0.244 e. The van der Waals surface area contributed by atoms with Gasteiger partial charge in [-0.2, -0.15) is 0 Å². The lowest BCUT2D eigenvalue weighted by molar-refractivity contribution is -0.127. The summed E-state index contributed by atoms with van der Waals surface area (Å²) < 4.78 is 1.91. The number of aromatic nitrogens is 2. The summed E-state index contributed by atoms with van der Waals surface area (Å²) in [7, 11) is 0. The van der Waals surface area contributed by atoms with Gasteiger partial charge in [-0.15, -0.1) is 0 Å². The van der Waals surface area contributed by atoms with Crippen LogP contribution in [0.5, 0.6) is 0 Å². The largest absolute Gasteiger partial charge is 0.368 e. The van der Waals surface area contributed by atoms with Gasteiger partial charge in [0.05, 0.1) is 17.4 Å². The lowest BCUT2D eigenvalue weighted by Crippen LogP contribution is -2.37. The van der Waals surface area contributed by atoms with Crippen LogP contribution in [0.4, 0.5) is 0 Å². The van der Waals surface area contributed by atoms with Gasteiger partial charge in [-0.25, -0.2) is 4.98 Å². The van der Waals surface area contributed by atoms with Gasteiger partial charge in [0.1, 0.15) is 6.04 Å². The van der Waals surface area contributed by atoms with Crippen LogP contribution in [0, 0.1) is 0 Å². The molecule has 3 rings (SSSR count). The first-order valence-electron chi connectivity index (χ1n) is 7.68. The molecule has 0 unspecified atom stereocenters. The lowest BCUT2D eigenvalue weighted by Gasteiger charge is -2.16. The number of primary amides is 1. The Balaban J connectivity index is 1.65. The molecule has 0 aliphatic rings. The maximum absolute atomic E-state index is 12.2. The van der Waals surface area contributed by atoms with Crippen molar-refractivity contribution in [3.8, 4) is 0 Å². The third-order valence-electron chi connectivity index (χ3n) is 3.83. The normalized spacial score (nSPS) is 12.0. The fourth-order valence-electron chi connectivity index (χ4n) is 2.61. The summed E-state index contributed by atoms with van der Waals surface area (Å²) in [6.07, 6.45) is 1.94. The Bertz CT molecular complexity index is 858. The zero-order valence-electron chi connectivity index (χ0n) is 13.1. The third kappa shape index (κ3) is 3.43. The first-order chi connectivity index (χ1) is 11.6. The molecule has 0 bridgehead atoms. The summed E-state index contributed by atoms with van der Waals surface area (Å²) in [6.45, 7) is 0.479. The number of para-hydroxylation sites is 2. The number of nitrogens with two attached hydrogens (primary N) is 1. The number of benzene rings is 2. The summed E-state index contributed by atoms with van der Waals surface area (Å²) >= 11 is 0. The number of carbonyl (C=O) groups is 2. The van der Waals surface area contributed by atoms with Crippen LogP contribution < -0.4 is 11.1 Å². The Morgan fingerprint density at radius 2 is 1.79 bits per heavy atom. The van der Waals surface area contributed by atoms with Crippen LogP contribution in [-0.4, -0.2) is 21.4 Å². The molecule has 0 aliphatic heterocycles. The van der Waals surface area contributed by atoms with E-state index >= 15 is 0 Å². The Morgan fingerprint density at radius 3 is 2.54 bits per heavy atom. The van der Waals surface area contributed by atoms with Crippen LogP contribution in [0.1, 0.15) is 18.0 Å². The zero-order valence-corrected chi connectivity index (χ0v) is 13.1. The smallest absolute Gasteiger partial charge is 0.244 e. The molecule has 0 saturated heterocycles. The summed E-state index contributed by atoms with van der Waals surface area (Å²) in [5, 5.41) is 2.70. The average Bonchev–Trinajstić information content (AvgIpc) is 3.01. The van der Waals surface area contributed by atoms with E-state index in [4.69, 9.17) is 5.73 Å². The fourth-order valence-corrected chi connectivity index (χ4v) is 2.61. The van der Waals surface area contributed by atoms with E-state index in [2.05, 4.69) is 10.3 Å². The van der Waals surface area contributed by atoms with Crippen molar-refractivity contribution in [1.29, 1.82) is 0 Å². The van der Waals surface area contributed by atoms with Crippen molar-refractivity contribution in [3.05, 3.63) is 66.5 Å². The number of imidazole rings is 1. The molecule has 0 radical (unpaired) electrons. The third-order valence-corrected chi connectivity index (χ3v) is 3.83. The summed E-state index contributed by atoms with van der Waals surface area (Å²) in [6, 6.07) is 15.9. The van der Waals surface area contributed by atoms with Gasteiger partial charge in [-0.05, 0) is 17.7 Å². The van der Waals surface area contributed by atoms with E-state index in [1.54, 1.807) is 30.6 Å². The topological polar surface area (TPSA) is 90.0 Å². The second-order valence-electron chi connectivity index (χ2n) is 5.49. The van der Waals surface area contributed by atoms with Crippen LogP contribution in [0.25, 0.3) is 11.0 Å². The van der Waals surface area contributed by atoms with E-state index in [9.17, 15) is 9.59 Å². The molecule has 24 heavy (non-hydrogen) atoms. The molecule has 2 aromatic carbocycles. The van der Waals surface area contributed by atoms with Crippen molar-refractivity contribution in [1.82, 2.24) is 14.9 Å². The average molecular weight is 322 g/mol. The first kappa shape index (κ1) is 15.7. The van der Waals surface area contributed by atoms with Gasteiger partial charge >= 0.3 is 0 Å². The van der Waals surface area contributed by atoms with Crippen molar-refractivity contribution < 1.29 is 9.59 Å². The van der Waals surface area contributed by atoms with Gasteiger partial charge in [-0.1, -0.05) is 42.5 Å². The Hall–Kier alpha value is -3.15. The Morgan fingerprint density at radius 1 is 1.08 bits per heavy atom. The minimum atomic E-state index is -0.821. The number of rotatable bonds is 6. The minimum Gasteiger partial charge on any atom is -0.368 e. The predicted octanol–water partition coefficient (Wildman–Crippen LogP) is 1.77. The van der Waals surface area contributed by atoms with Gasteiger partial charge in [0.2, 0.25) is 11.8 Å². The monoisotopic (exact) mass is 322 g/mol. The Kier molecular flexibility index (Phi) is 4.56. The molecule has 0 spiro atoms. The molecule has 6 nitrogen and oxygen atoms in total. The summed E-state index contributed by atoms with van der Waals surface area (Å²) in [4.78, 5) is 28.1. The highest BCUT2D eigenvalue weighted by atomic mass is 16.2. The molecule has 0 aliphatic carbocycles. The van der Waals surface area contributed by atoms with E-state index < -0.39 is 11.9 Å². The van der Waals surface area contributed by atoms with Gasteiger partial charge in [0.25, 0.3) is 0 Å². The van der Waals surface area contributed by atoms with E-state index in [1.807, 2.05) is 34.9 Å². The molecule has 122 valence electrons. The Labute approximate surface area is 139 Å². The maximum atomic E-state index is 12.2. The molecule has 0 saturated carbocycles. The van der Waals surface area contributed by atoms with E-state index in [0.717, 1.165) is 11.0 Å². The van der Waals surface area contributed by atoms with Crippen molar-refractivity contribution >= 4 is 22.8 Å². The van der Waals surface area contributed by atoms with Crippen molar-refractivity contribution in [3.63, 3.8) is 0 Å². The van der Waals surface area contributed by atoms with Crippen LogP contribution in [0.2, 0.25) is 0 Å². The number of carbonyl (C=O) groups excluding carboxylic acids is 2. The molecule has 1 atom stereocenters. The van der Waals surface area contributed by atoms with Crippen molar-refractivity contribution in [2.75, 3.05) is 0 Å². The molecular formula is C18H18N4O2. The van der Waals surface area contributed by atoms with Gasteiger partial charge in [0.15, 0.2) is 0 Å². The van der Waals surface area contributed by atoms with Crippen LogP contribution in [-0.2, 0) is 16.1 Å². The quantitative estimate of drug-likeness (QED) is 0.724. The molecule has 3 N–H and O–H groups in total. The number of amides is 2. The van der Waals surface area contributed by atoms with Gasteiger partial charge in [-0.3, -0.25) is 9.59 Å². The molecule has 3 aromatic rings. The second-order valence-corrected chi connectivity index (χ2v) is 5.49. The van der Waals surface area contributed by atoms with Crippen molar-refractivity contribution in [2.45, 2.75) is 19.0 Å². The van der Waals surface area contributed by atoms with Gasteiger partial charge in [0, 0.05) is 13.0 Å². The predicted molar refractivity (Wildman–Crippen MR) is 90.9 cm³/mol. The first-order valence-corrected chi connectivity index (χ1v) is 7.68. The highest BCUT2D eigenvalue weighted by Crippen LogP contribution is 2.14. The second kappa shape index (κ2) is 6.95. The fraction of sp³-hybridized carbons (Fsp3) is 0.167. The zero-order chi connectivity index (χ0) is 16.9. The lowest BCUT2D eigenvalue weighted by atomic mass is 10.1. The number of hydrogen-bond donors (Lipinski definition) is 2. The number of fused-ring (bicyclic) bond motifs is 1. The van der Waals surface area contributed by atoms with E-state index in [-0.39, 0.29) is 12.3 Å². The molecule has 6 heteroatoms. The number of aryl methyl sites for hydroxylation is 1. The molecular weight excluding hydrogens is 304 g/mol. The number of nitrogens with one attached hydrogen (secondary N) is 1. The van der Waals surface area contributed by atoms with Crippen LogP contribution >= 0.6 is 0 Å². The van der Waals surface area contributed by atoms with E-state index in [1.165, 1.54) is 0 Å². The van der Waals surface area contributed by atoms with Crippen molar-refractivity contribution in [2.24, 2.45) is 5.73 Å². The minimum absolute atomic E-state index is 0.233. The molecule has 2 amide bonds. The van der Waals surface area contributed by atoms with Gasteiger partial charge < -0.3 is 15.6 Å². The molecule has 0 fully saturated rings. The van der Waals surface area contributed by atoms with Crippen LogP contribution in [0.3, 0.4) is 0 Å². The number of hydrogen-bond acceptors (Lipinski definition) is 3. The van der Waals surface area contributed by atoms with Crippen LogP contribution in [0.15, 0.2) is 60.9 Å². The highest BCUT2D eigenvalue weighted by molar-refractivity contribution is 5.87. The SMILES string of the molecule is NC(=O)[C@@H](NC(=O)CCn1cnc2ccccc21)c1ccccc1. The molecule has 1 heterocycles. The summed E-state index contributed by atoms with van der Waals surface area (Å²) in [5.74, 6) is -0.817. The highest BCUT2D eigenvalue weighted by Gasteiger charge is 2.19. The molecule has 1 aromatic heterocycles. The summed E-state index contributed by atoms with van der Waals surface area (Å²) in [5.41, 5.74) is 7.94. The standard InChI is InChI=1S/C18H18N4O2/c19-18(24)17(13-6-2-1-3-7-13)21-16(23)10-11-22-12-20-14-8-4-5-9-15(14)22/h1-9,12,17H,10-11H2,(H2,19,24)(H,21,23)/t17-/m0/s1. The van der Waals surface area contributed by atoms with E-state index in [0.29, 0.717) is 12.1 Å².